The Morgan fingerprint density at radius 1 is 1.00 bits per heavy atom. The summed E-state index contributed by atoms with van der Waals surface area (Å²) in [6.07, 6.45) is 5.66. The highest BCUT2D eigenvalue weighted by Gasteiger charge is 2.03. The summed E-state index contributed by atoms with van der Waals surface area (Å²) in [6, 6.07) is 0.297. The number of hydrogen-bond donors (Lipinski definition) is 1. The van der Waals surface area contributed by atoms with Gasteiger partial charge < -0.3 is 24.3 Å². The van der Waals surface area contributed by atoms with Gasteiger partial charge >= 0.3 is 0 Å². The fourth-order valence-corrected chi connectivity index (χ4v) is 2.35. The van der Waals surface area contributed by atoms with Gasteiger partial charge in [-0.3, -0.25) is 4.79 Å². The van der Waals surface area contributed by atoms with Gasteiger partial charge in [0.15, 0.2) is 0 Å². The number of rotatable bonds is 19. The molecule has 0 atom stereocenters. The third kappa shape index (κ3) is 14.1. The molecule has 29 heavy (non-hydrogen) atoms. The highest BCUT2D eigenvalue weighted by molar-refractivity contribution is 5.75. The Bertz CT molecular complexity index is 525. The quantitative estimate of drug-likeness (QED) is 0.346. The zero-order chi connectivity index (χ0) is 21.2. The number of ether oxygens (including phenoxy) is 4. The predicted molar refractivity (Wildman–Crippen MR) is 110 cm³/mol. The van der Waals surface area contributed by atoms with E-state index in [0.717, 1.165) is 25.0 Å². The maximum atomic E-state index is 11.5. The van der Waals surface area contributed by atoms with Crippen LogP contribution in [0.4, 0.5) is 0 Å². The Kier molecular flexibility index (Phi) is 15.2. The number of unbranched alkanes of at least 4 members (excludes halogenated alkanes) is 2. The average Bonchev–Trinajstić information content (AvgIpc) is 3.18. The van der Waals surface area contributed by atoms with Crippen LogP contribution in [0.3, 0.4) is 0 Å². The lowest BCUT2D eigenvalue weighted by molar-refractivity contribution is -0.121. The molecule has 0 bridgehead atoms. The lowest BCUT2D eigenvalue weighted by Crippen LogP contribution is -2.27. The Labute approximate surface area is 174 Å². The molecule has 168 valence electrons. The molecule has 0 aliphatic heterocycles. The van der Waals surface area contributed by atoms with Crippen LogP contribution in [0, 0.1) is 0 Å². The second-order valence-corrected chi connectivity index (χ2v) is 6.98. The summed E-state index contributed by atoms with van der Waals surface area (Å²) in [4.78, 5) is 11.5. The molecule has 1 amide bonds. The van der Waals surface area contributed by atoms with Crippen molar-refractivity contribution in [2.45, 2.75) is 59.1 Å². The number of carbonyl (C=O) groups is 1. The SMILES string of the molecule is CCCCCC(=O)NCCOCCOCCOCCOCc1cn(C(C)C)nn1. The van der Waals surface area contributed by atoms with Crippen LogP contribution in [0.2, 0.25) is 0 Å². The molecule has 0 aromatic carbocycles. The van der Waals surface area contributed by atoms with Gasteiger partial charge in [-0.1, -0.05) is 25.0 Å². The van der Waals surface area contributed by atoms with E-state index in [1.165, 1.54) is 0 Å². The van der Waals surface area contributed by atoms with E-state index in [1.807, 2.05) is 6.20 Å². The fourth-order valence-electron chi connectivity index (χ4n) is 2.35. The summed E-state index contributed by atoms with van der Waals surface area (Å²) in [5.41, 5.74) is 0.818. The van der Waals surface area contributed by atoms with Crippen LogP contribution in [0.25, 0.3) is 0 Å². The topological polar surface area (TPSA) is 96.7 Å². The zero-order valence-electron chi connectivity index (χ0n) is 18.2. The van der Waals surface area contributed by atoms with Crippen molar-refractivity contribution >= 4 is 5.91 Å². The summed E-state index contributed by atoms with van der Waals surface area (Å²) in [5, 5.41) is 10.9. The zero-order valence-corrected chi connectivity index (χ0v) is 18.2. The first kappa shape index (κ1) is 25.5. The second-order valence-electron chi connectivity index (χ2n) is 6.98. The highest BCUT2D eigenvalue weighted by atomic mass is 16.6. The van der Waals surface area contributed by atoms with E-state index in [4.69, 9.17) is 18.9 Å². The number of amides is 1. The number of carbonyl (C=O) groups excluding carboxylic acids is 1. The predicted octanol–water partition coefficient (Wildman–Crippen LogP) is 2.12. The molecule has 0 spiro atoms. The minimum atomic E-state index is 0.0984. The van der Waals surface area contributed by atoms with Crippen molar-refractivity contribution in [1.82, 2.24) is 20.3 Å². The first-order valence-corrected chi connectivity index (χ1v) is 10.6. The van der Waals surface area contributed by atoms with E-state index >= 15 is 0 Å². The van der Waals surface area contributed by atoms with Crippen molar-refractivity contribution < 1.29 is 23.7 Å². The molecule has 1 aromatic rings. The molecule has 0 saturated carbocycles. The lowest BCUT2D eigenvalue weighted by atomic mass is 10.2. The van der Waals surface area contributed by atoms with E-state index < -0.39 is 0 Å². The molecule has 0 aliphatic carbocycles. The summed E-state index contributed by atoms with van der Waals surface area (Å²) < 4.78 is 23.6. The van der Waals surface area contributed by atoms with Crippen molar-refractivity contribution in [1.29, 1.82) is 0 Å². The molecule has 1 N–H and O–H groups in total. The van der Waals surface area contributed by atoms with Crippen molar-refractivity contribution in [2.75, 3.05) is 52.8 Å². The summed E-state index contributed by atoms with van der Waals surface area (Å²) in [7, 11) is 0. The molecule has 0 unspecified atom stereocenters. The van der Waals surface area contributed by atoms with Gasteiger partial charge in [0.05, 0.1) is 59.1 Å². The first-order chi connectivity index (χ1) is 14.1. The van der Waals surface area contributed by atoms with Gasteiger partial charge in [-0.25, -0.2) is 4.68 Å². The molecule has 1 heterocycles. The fraction of sp³-hybridized carbons (Fsp3) is 0.850. The van der Waals surface area contributed by atoms with Crippen molar-refractivity contribution in [3.05, 3.63) is 11.9 Å². The van der Waals surface area contributed by atoms with Gasteiger partial charge in [-0.05, 0) is 20.3 Å². The van der Waals surface area contributed by atoms with Gasteiger partial charge in [0, 0.05) is 19.0 Å². The maximum absolute atomic E-state index is 11.5. The van der Waals surface area contributed by atoms with Crippen molar-refractivity contribution in [3.63, 3.8) is 0 Å². The van der Waals surface area contributed by atoms with E-state index in [9.17, 15) is 4.79 Å². The van der Waals surface area contributed by atoms with Crippen LogP contribution in [0.1, 0.15) is 58.2 Å². The number of nitrogens with one attached hydrogen (secondary N) is 1. The molecular weight excluding hydrogens is 376 g/mol. The van der Waals surface area contributed by atoms with E-state index in [1.54, 1.807) is 4.68 Å². The molecule has 1 rings (SSSR count). The van der Waals surface area contributed by atoms with Gasteiger partial charge in [-0.15, -0.1) is 5.10 Å². The molecule has 1 aromatic heterocycles. The molecular formula is C20H38N4O5. The standard InChI is InChI=1S/C20H38N4O5/c1-4-5-6-7-20(25)21-8-9-26-10-11-27-12-13-28-14-15-29-17-19-16-24(18(2)3)23-22-19/h16,18H,4-15,17H2,1-3H3,(H,21,25). The van der Waals surface area contributed by atoms with Crippen LogP contribution >= 0.6 is 0 Å². The van der Waals surface area contributed by atoms with Crippen LogP contribution < -0.4 is 5.32 Å². The minimum Gasteiger partial charge on any atom is -0.377 e. The van der Waals surface area contributed by atoms with Crippen molar-refractivity contribution in [2.24, 2.45) is 0 Å². The molecule has 0 radical (unpaired) electrons. The largest absolute Gasteiger partial charge is 0.377 e. The third-order valence-corrected chi connectivity index (χ3v) is 4.03. The van der Waals surface area contributed by atoms with Crippen LogP contribution in [-0.2, 0) is 30.3 Å². The number of nitrogens with zero attached hydrogens (tertiary/aromatic N) is 3. The summed E-state index contributed by atoms with van der Waals surface area (Å²) in [5.74, 6) is 0.0984. The average molecular weight is 415 g/mol. The van der Waals surface area contributed by atoms with E-state index in [2.05, 4.69) is 36.4 Å². The molecule has 0 fully saturated rings. The maximum Gasteiger partial charge on any atom is 0.220 e. The Morgan fingerprint density at radius 3 is 2.21 bits per heavy atom. The van der Waals surface area contributed by atoms with Gasteiger partial charge in [0.1, 0.15) is 5.69 Å². The van der Waals surface area contributed by atoms with Crippen LogP contribution in [0.15, 0.2) is 6.20 Å². The lowest BCUT2D eigenvalue weighted by Gasteiger charge is -2.08. The Hall–Kier alpha value is -1.55. The smallest absolute Gasteiger partial charge is 0.220 e. The number of hydrogen-bond acceptors (Lipinski definition) is 7. The minimum absolute atomic E-state index is 0.0984. The molecule has 9 heteroatoms. The Morgan fingerprint density at radius 2 is 1.62 bits per heavy atom. The van der Waals surface area contributed by atoms with Crippen LogP contribution in [0.5, 0.6) is 0 Å². The molecule has 9 nitrogen and oxygen atoms in total. The summed E-state index contributed by atoms with van der Waals surface area (Å²) >= 11 is 0. The normalized spacial score (nSPS) is 11.3. The molecule has 0 saturated heterocycles. The van der Waals surface area contributed by atoms with Crippen LogP contribution in [-0.4, -0.2) is 73.7 Å². The first-order valence-electron chi connectivity index (χ1n) is 10.6. The van der Waals surface area contributed by atoms with E-state index in [0.29, 0.717) is 71.9 Å². The Balaban J connectivity index is 1.78. The number of aromatic nitrogens is 3. The van der Waals surface area contributed by atoms with Gasteiger partial charge in [-0.2, -0.15) is 0 Å². The van der Waals surface area contributed by atoms with E-state index in [-0.39, 0.29) is 5.91 Å². The van der Waals surface area contributed by atoms with Crippen molar-refractivity contribution in [3.8, 4) is 0 Å². The highest BCUT2D eigenvalue weighted by Crippen LogP contribution is 2.03. The monoisotopic (exact) mass is 414 g/mol. The second kappa shape index (κ2) is 17.3. The third-order valence-electron chi connectivity index (χ3n) is 4.03. The van der Waals surface area contributed by atoms with Gasteiger partial charge in [0.25, 0.3) is 0 Å². The van der Waals surface area contributed by atoms with Gasteiger partial charge in [0.2, 0.25) is 5.91 Å². The summed E-state index contributed by atoms with van der Waals surface area (Å²) in [6.45, 7) is 10.8. The molecule has 0 aliphatic rings.